The Morgan fingerprint density at radius 1 is 1.22 bits per heavy atom. The predicted molar refractivity (Wildman–Crippen MR) is 63.9 cm³/mol. The molecule has 18 heavy (non-hydrogen) atoms. The lowest BCUT2D eigenvalue weighted by Crippen LogP contribution is -2.53. The Balaban J connectivity index is 2.66. The third-order valence-corrected chi connectivity index (χ3v) is 3.65. The summed E-state index contributed by atoms with van der Waals surface area (Å²) in [6, 6.07) is 0. The van der Waals surface area contributed by atoms with E-state index in [9.17, 15) is 14.7 Å². The molecule has 0 unspecified atom stereocenters. The summed E-state index contributed by atoms with van der Waals surface area (Å²) in [4.78, 5) is 23.1. The molecule has 104 valence electrons. The van der Waals surface area contributed by atoms with Crippen molar-refractivity contribution < 1.29 is 24.9 Å². The third kappa shape index (κ3) is 3.20. The molecular formula is C12H21NO5. The van der Waals surface area contributed by atoms with Crippen LogP contribution in [0.5, 0.6) is 0 Å². The van der Waals surface area contributed by atoms with Crippen LogP contribution in [0.1, 0.15) is 39.0 Å². The van der Waals surface area contributed by atoms with Gasteiger partial charge in [-0.2, -0.15) is 0 Å². The molecule has 1 fully saturated rings. The molecule has 0 aromatic heterocycles. The minimum Gasteiger partial charge on any atom is -0.481 e. The van der Waals surface area contributed by atoms with E-state index in [1.165, 1.54) is 6.92 Å². The summed E-state index contributed by atoms with van der Waals surface area (Å²) in [6.07, 6.45) is 2.54. The molecule has 0 atom stereocenters. The summed E-state index contributed by atoms with van der Waals surface area (Å²) in [5, 5.41) is 29.9. The van der Waals surface area contributed by atoms with Gasteiger partial charge in [0.15, 0.2) is 0 Å². The zero-order chi connectivity index (χ0) is 13.8. The highest BCUT2D eigenvalue weighted by Crippen LogP contribution is 2.41. The van der Waals surface area contributed by atoms with Crippen molar-refractivity contribution >= 4 is 11.9 Å². The highest BCUT2D eigenvalue weighted by Gasteiger charge is 2.43. The average molecular weight is 259 g/mol. The molecule has 0 bridgehead atoms. The number of aliphatic hydroxyl groups excluding tert-OH is 2. The summed E-state index contributed by atoms with van der Waals surface area (Å²) in [7, 11) is 0. The molecule has 1 aliphatic carbocycles. The molecule has 6 nitrogen and oxygen atoms in total. The van der Waals surface area contributed by atoms with Crippen LogP contribution in [0.2, 0.25) is 0 Å². The Morgan fingerprint density at radius 2 is 1.72 bits per heavy atom. The number of rotatable bonds is 6. The highest BCUT2D eigenvalue weighted by molar-refractivity contribution is 5.85. The van der Waals surface area contributed by atoms with Crippen LogP contribution < -0.4 is 5.32 Å². The largest absolute Gasteiger partial charge is 0.481 e. The second-order valence-electron chi connectivity index (χ2n) is 5.39. The zero-order valence-electron chi connectivity index (χ0n) is 10.6. The average Bonchev–Trinajstić information content (AvgIpc) is 2.78. The summed E-state index contributed by atoms with van der Waals surface area (Å²) in [5.41, 5.74) is -2.08. The van der Waals surface area contributed by atoms with Gasteiger partial charge in [-0.05, 0) is 19.8 Å². The number of aliphatic carboxylic acids is 1. The Morgan fingerprint density at radius 3 is 2.11 bits per heavy atom. The molecule has 0 aliphatic heterocycles. The lowest BCUT2D eigenvalue weighted by Gasteiger charge is -2.29. The van der Waals surface area contributed by atoms with Crippen molar-refractivity contribution in [3.05, 3.63) is 0 Å². The van der Waals surface area contributed by atoms with Crippen LogP contribution in [0.25, 0.3) is 0 Å². The molecule has 0 heterocycles. The lowest BCUT2D eigenvalue weighted by atomic mass is 9.82. The predicted octanol–water partition coefficient (Wildman–Crippen LogP) is -0.119. The molecule has 1 amide bonds. The van der Waals surface area contributed by atoms with Crippen molar-refractivity contribution in [2.75, 3.05) is 13.2 Å². The number of carboxylic acids is 1. The van der Waals surface area contributed by atoms with E-state index in [2.05, 4.69) is 5.32 Å². The molecule has 0 spiro atoms. The topological polar surface area (TPSA) is 107 Å². The number of amides is 1. The Labute approximate surface area is 106 Å². The van der Waals surface area contributed by atoms with Gasteiger partial charge in [0.25, 0.3) is 0 Å². The monoisotopic (exact) mass is 259 g/mol. The highest BCUT2D eigenvalue weighted by atomic mass is 16.4. The quantitative estimate of drug-likeness (QED) is 0.532. The first-order chi connectivity index (χ1) is 8.37. The second-order valence-corrected chi connectivity index (χ2v) is 5.39. The van der Waals surface area contributed by atoms with Crippen LogP contribution in [-0.2, 0) is 9.59 Å². The van der Waals surface area contributed by atoms with Crippen LogP contribution in [0.15, 0.2) is 0 Å². The van der Waals surface area contributed by atoms with Gasteiger partial charge >= 0.3 is 5.97 Å². The van der Waals surface area contributed by atoms with Gasteiger partial charge in [-0.15, -0.1) is 0 Å². The number of aliphatic hydroxyl groups is 2. The second kappa shape index (κ2) is 5.67. The Hall–Kier alpha value is -1.14. The van der Waals surface area contributed by atoms with Gasteiger partial charge < -0.3 is 20.6 Å². The molecule has 1 aliphatic rings. The first-order valence-electron chi connectivity index (χ1n) is 6.14. The summed E-state index contributed by atoms with van der Waals surface area (Å²) >= 11 is 0. The Kier molecular flexibility index (Phi) is 4.70. The number of hydrogen-bond acceptors (Lipinski definition) is 4. The zero-order valence-corrected chi connectivity index (χ0v) is 10.6. The number of carbonyl (C=O) groups excluding carboxylic acids is 1. The van der Waals surface area contributed by atoms with Gasteiger partial charge in [-0.1, -0.05) is 12.8 Å². The van der Waals surface area contributed by atoms with E-state index in [1.54, 1.807) is 0 Å². The standard InChI is InChI=1S/C12H21NO5/c1-11(7-14,8-15)13-9(16)6-12(10(17)18)4-2-3-5-12/h14-15H,2-8H2,1H3,(H,13,16)(H,17,18). The molecule has 1 rings (SSSR count). The van der Waals surface area contributed by atoms with E-state index in [4.69, 9.17) is 10.2 Å². The first kappa shape index (κ1) is 14.9. The van der Waals surface area contributed by atoms with E-state index in [0.29, 0.717) is 12.8 Å². The van der Waals surface area contributed by atoms with Crippen molar-refractivity contribution in [2.45, 2.75) is 44.6 Å². The summed E-state index contributed by atoms with van der Waals surface area (Å²) in [6.45, 7) is 0.720. The molecular weight excluding hydrogens is 238 g/mol. The van der Waals surface area contributed by atoms with Crippen LogP contribution in [0.4, 0.5) is 0 Å². The van der Waals surface area contributed by atoms with E-state index in [-0.39, 0.29) is 6.42 Å². The van der Waals surface area contributed by atoms with Gasteiger partial charge in [0.05, 0.1) is 24.2 Å². The fourth-order valence-corrected chi connectivity index (χ4v) is 2.34. The maximum atomic E-state index is 11.8. The fraction of sp³-hybridized carbons (Fsp3) is 0.833. The van der Waals surface area contributed by atoms with E-state index < -0.39 is 36.0 Å². The fourth-order valence-electron chi connectivity index (χ4n) is 2.34. The van der Waals surface area contributed by atoms with Crippen molar-refractivity contribution in [3.8, 4) is 0 Å². The molecule has 6 heteroatoms. The van der Waals surface area contributed by atoms with E-state index in [1.807, 2.05) is 0 Å². The minimum atomic E-state index is -1.10. The van der Waals surface area contributed by atoms with Gasteiger partial charge in [-0.25, -0.2) is 0 Å². The summed E-state index contributed by atoms with van der Waals surface area (Å²) < 4.78 is 0. The normalized spacial score (nSPS) is 18.6. The SMILES string of the molecule is CC(CO)(CO)NC(=O)CC1(C(=O)O)CCCC1. The number of carbonyl (C=O) groups is 2. The van der Waals surface area contributed by atoms with Crippen LogP contribution >= 0.6 is 0 Å². The van der Waals surface area contributed by atoms with Crippen molar-refractivity contribution in [1.29, 1.82) is 0 Å². The number of carboxylic acid groups (broad SMARTS) is 1. The van der Waals surface area contributed by atoms with Crippen LogP contribution in [0.3, 0.4) is 0 Å². The third-order valence-electron chi connectivity index (χ3n) is 3.65. The molecule has 0 radical (unpaired) electrons. The van der Waals surface area contributed by atoms with Crippen molar-refractivity contribution in [1.82, 2.24) is 5.32 Å². The number of hydrogen-bond donors (Lipinski definition) is 4. The van der Waals surface area contributed by atoms with Crippen LogP contribution in [-0.4, -0.2) is 45.9 Å². The maximum absolute atomic E-state index is 11.8. The molecule has 0 aromatic carbocycles. The van der Waals surface area contributed by atoms with Gasteiger partial charge in [0.2, 0.25) is 5.91 Å². The molecule has 1 saturated carbocycles. The maximum Gasteiger partial charge on any atom is 0.310 e. The van der Waals surface area contributed by atoms with Crippen LogP contribution in [0, 0.1) is 5.41 Å². The lowest BCUT2D eigenvalue weighted by molar-refractivity contribution is -0.151. The van der Waals surface area contributed by atoms with Crippen molar-refractivity contribution in [2.24, 2.45) is 5.41 Å². The smallest absolute Gasteiger partial charge is 0.310 e. The first-order valence-corrected chi connectivity index (χ1v) is 6.14. The minimum absolute atomic E-state index is 0.0993. The van der Waals surface area contributed by atoms with E-state index >= 15 is 0 Å². The summed E-state index contributed by atoms with van der Waals surface area (Å²) in [5.74, 6) is -1.38. The molecule has 4 N–H and O–H groups in total. The van der Waals surface area contributed by atoms with E-state index in [0.717, 1.165) is 12.8 Å². The van der Waals surface area contributed by atoms with Gasteiger partial charge in [0.1, 0.15) is 0 Å². The number of nitrogens with one attached hydrogen (secondary N) is 1. The molecule has 0 saturated heterocycles. The Bertz CT molecular complexity index is 318. The van der Waals surface area contributed by atoms with Gasteiger partial charge in [-0.3, -0.25) is 9.59 Å². The molecule has 0 aromatic rings. The van der Waals surface area contributed by atoms with Gasteiger partial charge in [0, 0.05) is 6.42 Å². The van der Waals surface area contributed by atoms with Crippen molar-refractivity contribution in [3.63, 3.8) is 0 Å².